The SMILES string of the molecule is NC(=O)OC1(CO)COC1. The third-order valence-electron chi connectivity index (χ3n) is 1.34. The normalized spacial score (nSPS) is 21.3. The molecule has 1 saturated heterocycles. The fraction of sp³-hybridized carbons (Fsp3) is 0.800. The number of hydrogen-bond acceptors (Lipinski definition) is 4. The second-order valence-corrected chi connectivity index (χ2v) is 2.26. The van der Waals surface area contributed by atoms with E-state index in [1.807, 2.05) is 0 Å². The quantitative estimate of drug-likeness (QED) is 0.516. The molecule has 3 N–H and O–H groups in total. The molecule has 0 bridgehead atoms. The molecule has 0 saturated carbocycles. The van der Waals surface area contributed by atoms with Crippen LogP contribution in [0.4, 0.5) is 4.79 Å². The number of carbonyl (C=O) groups excluding carboxylic acids is 1. The highest BCUT2D eigenvalue weighted by Gasteiger charge is 2.41. The predicted molar refractivity (Wildman–Crippen MR) is 31.3 cm³/mol. The van der Waals surface area contributed by atoms with Gasteiger partial charge in [-0.05, 0) is 0 Å². The molecular weight excluding hydrogens is 138 g/mol. The van der Waals surface area contributed by atoms with Crippen LogP contribution in [0, 0.1) is 0 Å². The maximum atomic E-state index is 10.2. The molecule has 1 heterocycles. The summed E-state index contributed by atoms with van der Waals surface area (Å²) in [7, 11) is 0. The third-order valence-corrected chi connectivity index (χ3v) is 1.34. The summed E-state index contributed by atoms with van der Waals surface area (Å²) >= 11 is 0. The van der Waals surface area contributed by atoms with E-state index in [2.05, 4.69) is 4.74 Å². The summed E-state index contributed by atoms with van der Waals surface area (Å²) < 4.78 is 9.32. The zero-order valence-electron chi connectivity index (χ0n) is 5.37. The minimum atomic E-state index is -0.877. The Balaban J connectivity index is 2.40. The van der Waals surface area contributed by atoms with Crippen LogP contribution in [0.15, 0.2) is 0 Å². The van der Waals surface area contributed by atoms with Gasteiger partial charge in [0.25, 0.3) is 0 Å². The highest BCUT2D eigenvalue weighted by Crippen LogP contribution is 2.20. The van der Waals surface area contributed by atoms with Crippen LogP contribution in [0.25, 0.3) is 0 Å². The second-order valence-electron chi connectivity index (χ2n) is 2.26. The second kappa shape index (κ2) is 2.43. The van der Waals surface area contributed by atoms with E-state index in [0.717, 1.165) is 0 Å². The Morgan fingerprint density at radius 3 is 2.50 bits per heavy atom. The van der Waals surface area contributed by atoms with Crippen LogP contribution in [0.2, 0.25) is 0 Å². The van der Waals surface area contributed by atoms with Gasteiger partial charge in [-0.25, -0.2) is 4.79 Å². The minimum Gasteiger partial charge on any atom is -0.436 e. The van der Waals surface area contributed by atoms with Gasteiger partial charge in [0.1, 0.15) is 0 Å². The van der Waals surface area contributed by atoms with Gasteiger partial charge in [0, 0.05) is 0 Å². The Morgan fingerprint density at radius 2 is 2.40 bits per heavy atom. The van der Waals surface area contributed by atoms with E-state index in [4.69, 9.17) is 15.6 Å². The summed E-state index contributed by atoms with van der Waals surface area (Å²) in [4.78, 5) is 10.2. The van der Waals surface area contributed by atoms with E-state index >= 15 is 0 Å². The average molecular weight is 147 g/mol. The molecule has 1 aliphatic rings. The number of rotatable bonds is 2. The molecule has 0 radical (unpaired) electrons. The molecule has 58 valence electrons. The van der Waals surface area contributed by atoms with Crippen molar-refractivity contribution in [1.29, 1.82) is 0 Å². The van der Waals surface area contributed by atoms with Crippen LogP contribution in [0.5, 0.6) is 0 Å². The maximum Gasteiger partial charge on any atom is 0.405 e. The molecule has 1 amide bonds. The van der Waals surface area contributed by atoms with Crippen molar-refractivity contribution in [3.05, 3.63) is 0 Å². The molecule has 1 aliphatic heterocycles. The monoisotopic (exact) mass is 147 g/mol. The summed E-state index contributed by atoms with van der Waals surface area (Å²) in [5.74, 6) is 0. The van der Waals surface area contributed by atoms with Crippen molar-refractivity contribution in [2.75, 3.05) is 19.8 Å². The number of amides is 1. The molecule has 5 heteroatoms. The van der Waals surface area contributed by atoms with Crippen LogP contribution >= 0.6 is 0 Å². The lowest BCUT2D eigenvalue weighted by Gasteiger charge is -2.37. The van der Waals surface area contributed by atoms with Gasteiger partial charge >= 0.3 is 6.09 Å². The highest BCUT2D eigenvalue weighted by molar-refractivity contribution is 5.65. The number of carbonyl (C=O) groups is 1. The number of aliphatic hydroxyl groups is 1. The highest BCUT2D eigenvalue weighted by atomic mass is 16.6. The van der Waals surface area contributed by atoms with E-state index in [9.17, 15) is 4.79 Å². The van der Waals surface area contributed by atoms with Crippen molar-refractivity contribution in [2.45, 2.75) is 5.60 Å². The van der Waals surface area contributed by atoms with Crippen LogP contribution in [0.3, 0.4) is 0 Å². The van der Waals surface area contributed by atoms with Gasteiger partial charge in [-0.15, -0.1) is 0 Å². The number of aliphatic hydroxyl groups excluding tert-OH is 1. The number of ether oxygens (including phenoxy) is 2. The van der Waals surface area contributed by atoms with E-state index in [0.29, 0.717) is 0 Å². The van der Waals surface area contributed by atoms with Crippen LogP contribution in [0.1, 0.15) is 0 Å². The van der Waals surface area contributed by atoms with Gasteiger partial charge in [-0.3, -0.25) is 0 Å². The Kier molecular flexibility index (Phi) is 1.78. The molecular formula is C5H9NO4. The molecule has 0 aromatic carbocycles. The van der Waals surface area contributed by atoms with Gasteiger partial charge in [-0.1, -0.05) is 0 Å². The number of nitrogens with two attached hydrogens (primary N) is 1. The molecule has 10 heavy (non-hydrogen) atoms. The van der Waals surface area contributed by atoms with Crippen molar-refractivity contribution in [1.82, 2.24) is 0 Å². The Labute approximate surface area is 57.7 Å². The largest absolute Gasteiger partial charge is 0.436 e. The Bertz CT molecular complexity index is 137. The number of primary amides is 1. The van der Waals surface area contributed by atoms with Crippen molar-refractivity contribution in [3.8, 4) is 0 Å². The average Bonchev–Trinajstić information content (AvgIpc) is 1.78. The molecule has 1 fully saturated rings. The van der Waals surface area contributed by atoms with E-state index in [1.54, 1.807) is 0 Å². The van der Waals surface area contributed by atoms with Gasteiger partial charge < -0.3 is 20.3 Å². The van der Waals surface area contributed by atoms with Crippen LogP contribution in [-0.4, -0.2) is 36.6 Å². The first kappa shape index (κ1) is 7.30. The summed E-state index contributed by atoms with van der Waals surface area (Å²) in [6, 6.07) is 0. The molecule has 0 aromatic heterocycles. The van der Waals surface area contributed by atoms with Crippen molar-refractivity contribution < 1.29 is 19.4 Å². The van der Waals surface area contributed by atoms with E-state index < -0.39 is 11.7 Å². The lowest BCUT2D eigenvalue weighted by atomic mass is 10.0. The smallest absolute Gasteiger partial charge is 0.405 e. The maximum absolute atomic E-state index is 10.2. The fourth-order valence-corrected chi connectivity index (χ4v) is 0.726. The summed E-state index contributed by atoms with van der Waals surface area (Å²) in [6.07, 6.45) is -0.877. The molecule has 0 spiro atoms. The summed E-state index contributed by atoms with van der Waals surface area (Å²) in [6.45, 7) is 0.217. The summed E-state index contributed by atoms with van der Waals surface area (Å²) in [5.41, 5.74) is 3.88. The lowest BCUT2D eigenvalue weighted by molar-refractivity contribution is -0.194. The molecule has 0 unspecified atom stereocenters. The third kappa shape index (κ3) is 1.19. The standard InChI is InChI=1S/C5H9NO4/c6-4(8)10-5(1-7)2-9-3-5/h7H,1-3H2,(H2,6,8). The van der Waals surface area contributed by atoms with Crippen molar-refractivity contribution >= 4 is 6.09 Å². The van der Waals surface area contributed by atoms with Gasteiger partial charge in [0.2, 0.25) is 0 Å². The predicted octanol–water partition coefficient (Wildman–Crippen LogP) is -1.16. The Morgan fingerprint density at radius 1 is 1.80 bits per heavy atom. The first-order valence-electron chi connectivity index (χ1n) is 2.86. The van der Waals surface area contributed by atoms with E-state index in [1.165, 1.54) is 0 Å². The van der Waals surface area contributed by atoms with Crippen molar-refractivity contribution in [2.24, 2.45) is 5.73 Å². The molecule has 0 atom stereocenters. The topological polar surface area (TPSA) is 81.8 Å². The molecule has 0 aliphatic carbocycles. The van der Waals surface area contributed by atoms with Crippen LogP contribution < -0.4 is 5.73 Å². The summed E-state index contributed by atoms with van der Waals surface area (Å²) in [5, 5.41) is 8.67. The molecule has 1 rings (SSSR count). The Hall–Kier alpha value is -0.810. The minimum absolute atomic E-state index is 0.229. The van der Waals surface area contributed by atoms with E-state index in [-0.39, 0.29) is 19.8 Å². The molecule has 5 nitrogen and oxygen atoms in total. The number of hydrogen-bond donors (Lipinski definition) is 2. The lowest BCUT2D eigenvalue weighted by Crippen LogP contribution is -2.56. The first-order valence-corrected chi connectivity index (χ1v) is 2.86. The first-order chi connectivity index (χ1) is 4.68. The van der Waals surface area contributed by atoms with Gasteiger partial charge in [0.15, 0.2) is 5.60 Å². The molecule has 0 aromatic rings. The van der Waals surface area contributed by atoms with Crippen molar-refractivity contribution in [3.63, 3.8) is 0 Å². The zero-order chi connectivity index (χ0) is 7.61. The van der Waals surface area contributed by atoms with Gasteiger partial charge in [0.05, 0.1) is 19.8 Å². The van der Waals surface area contributed by atoms with Crippen LogP contribution in [-0.2, 0) is 9.47 Å². The fourth-order valence-electron chi connectivity index (χ4n) is 0.726. The zero-order valence-corrected chi connectivity index (χ0v) is 5.37. The van der Waals surface area contributed by atoms with Gasteiger partial charge in [-0.2, -0.15) is 0 Å².